The molecule has 0 bridgehead atoms. The molecule has 0 radical (unpaired) electrons. The average molecular weight is 829 g/mol. The Balaban J connectivity index is 4.34. The fraction of sp³-hybridized carbons (Fsp3) is 0.830. The summed E-state index contributed by atoms with van der Waals surface area (Å²) in [6, 6.07) is 0. The monoisotopic (exact) mass is 829 g/mol. The van der Waals surface area contributed by atoms with E-state index < -0.39 is 6.10 Å². The number of allylic oxidation sites excluding steroid dienone is 6. The van der Waals surface area contributed by atoms with Crippen LogP contribution in [0.1, 0.15) is 265 Å². The highest BCUT2D eigenvalue weighted by molar-refractivity contribution is 5.71. The van der Waals surface area contributed by atoms with Gasteiger partial charge in [-0.05, 0) is 70.6 Å². The minimum atomic E-state index is -0.776. The van der Waals surface area contributed by atoms with Crippen LogP contribution in [0.3, 0.4) is 0 Å². The van der Waals surface area contributed by atoms with E-state index in [0.717, 1.165) is 83.5 Å². The molecule has 1 atom stereocenters. The zero-order valence-corrected chi connectivity index (χ0v) is 39.3. The molecular formula is C53H96O6. The second-order valence-corrected chi connectivity index (χ2v) is 17.1. The van der Waals surface area contributed by atoms with Crippen molar-refractivity contribution in [1.82, 2.24) is 0 Å². The smallest absolute Gasteiger partial charge is 0.306 e. The third-order valence-electron chi connectivity index (χ3n) is 11.1. The molecule has 0 saturated heterocycles. The zero-order valence-electron chi connectivity index (χ0n) is 39.3. The molecule has 59 heavy (non-hydrogen) atoms. The molecule has 0 aliphatic rings. The number of hydrogen-bond acceptors (Lipinski definition) is 6. The summed E-state index contributed by atoms with van der Waals surface area (Å²) in [5.74, 6) is -0.889. The Bertz CT molecular complexity index is 1000. The van der Waals surface area contributed by atoms with Crippen LogP contribution in [0.4, 0.5) is 0 Å². The molecule has 0 aromatic rings. The van der Waals surface area contributed by atoms with Crippen molar-refractivity contribution in [1.29, 1.82) is 0 Å². The van der Waals surface area contributed by atoms with Crippen molar-refractivity contribution in [2.24, 2.45) is 0 Å². The first-order chi connectivity index (χ1) is 29.0. The lowest BCUT2D eigenvalue weighted by molar-refractivity contribution is -0.167. The first-order valence-corrected chi connectivity index (χ1v) is 25.5. The third kappa shape index (κ3) is 46.5. The quantitative estimate of drug-likeness (QED) is 0.0263. The Morgan fingerprint density at radius 1 is 0.339 bits per heavy atom. The molecule has 0 aromatic heterocycles. The van der Waals surface area contributed by atoms with Gasteiger partial charge in [-0.15, -0.1) is 0 Å². The summed E-state index contributed by atoms with van der Waals surface area (Å²) >= 11 is 0. The van der Waals surface area contributed by atoms with Crippen LogP contribution < -0.4 is 0 Å². The summed E-state index contributed by atoms with van der Waals surface area (Å²) in [5.41, 5.74) is 0. The molecule has 0 spiro atoms. The molecule has 6 nitrogen and oxygen atoms in total. The standard InChI is InChI=1S/C53H96O6/c1-4-7-10-13-16-19-22-24-26-27-28-30-31-34-37-40-43-46-52(55)58-49-50(48-57-51(54)45-42-39-36-33-21-18-15-12-9-6-3)59-53(56)47-44-41-38-35-32-29-25-23-20-17-14-11-8-5-2/h14,17,23-26,50H,4-13,15-16,18-22,27-49H2,1-3H3/b17-14-,25-23-,26-24-. The number of esters is 3. The van der Waals surface area contributed by atoms with E-state index in [0.29, 0.717) is 19.3 Å². The highest BCUT2D eigenvalue weighted by Gasteiger charge is 2.19. The Kier molecular flexibility index (Phi) is 46.4. The number of unbranched alkanes of at least 4 members (excludes halogenated alkanes) is 29. The van der Waals surface area contributed by atoms with Gasteiger partial charge in [0.2, 0.25) is 0 Å². The van der Waals surface area contributed by atoms with Crippen molar-refractivity contribution >= 4 is 17.9 Å². The third-order valence-corrected chi connectivity index (χ3v) is 11.1. The Labute approximate surface area is 365 Å². The van der Waals surface area contributed by atoms with Crippen LogP contribution in [0.2, 0.25) is 0 Å². The van der Waals surface area contributed by atoms with Gasteiger partial charge in [-0.1, -0.05) is 211 Å². The Morgan fingerprint density at radius 3 is 1.00 bits per heavy atom. The Morgan fingerprint density at radius 2 is 0.627 bits per heavy atom. The van der Waals surface area contributed by atoms with Crippen LogP contribution in [0.25, 0.3) is 0 Å². The number of ether oxygens (including phenoxy) is 3. The number of carbonyl (C=O) groups is 3. The van der Waals surface area contributed by atoms with E-state index in [9.17, 15) is 14.4 Å². The predicted octanol–water partition coefficient (Wildman–Crippen LogP) is 16.5. The highest BCUT2D eigenvalue weighted by atomic mass is 16.6. The van der Waals surface area contributed by atoms with Crippen LogP contribution in [0.5, 0.6) is 0 Å². The molecule has 344 valence electrons. The van der Waals surface area contributed by atoms with Gasteiger partial charge < -0.3 is 14.2 Å². The average Bonchev–Trinajstić information content (AvgIpc) is 3.23. The summed E-state index contributed by atoms with van der Waals surface area (Å²) in [6.45, 7) is 6.58. The fourth-order valence-corrected chi connectivity index (χ4v) is 7.22. The molecule has 0 aliphatic heterocycles. The maximum atomic E-state index is 12.8. The van der Waals surface area contributed by atoms with Gasteiger partial charge >= 0.3 is 17.9 Å². The van der Waals surface area contributed by atoms with E-state index in [1.54, 1.807) is 0 Å². The van der Waals surface area contributed by atoms with Gasteiger partial charge in [0, 0.05) is 19.3 Å². The van der Waals surface area contributed by atoms with Crippen molar-refractivity contribution in [3.8, 4) is 0 Å². The zero-order chi connectivity index (χ0) is 43.0. The van der Waals surface area contributed by atoms with E-state index >= 15 is 0 Å². The van der Waals surface area contributed by atoms with Crippen LogP contribution in [0.15, 0.2) is 36.5 Å². The van der Waals surface area contributed by atoms with Crippen molar-refractivity contribution in [3.05, 3.63) is 36.5 Å². The molecule has 0 heterocycles. The molecule has 1 unspecified atom stereocenters. The van der Waals surface area contributed by atoms with Crippen LogP contribution in [-0.2, 0) is 28.6 Å². The SMILES string of the molecule is CCCC/C=C\C/C=C\CCCCCCCC(=O)OC(COC(=O)CCCCCCCCC/C=C\CCCCCCCC)COC(=O)CCCCCCCCCCCC. The molecule has 0 fully saturated rings. The molecule has 0 amide bonds. The van der Waals surface area contributed by atoms with Gasteiger partial charge in [-0.3, -0.25) is 14.4 Å². The van der Waals surface area contributed by atoms with E-state index in [4.69, 9.17) is 14.2 Å². The van der Waals surface area contributed by atoms with Gasteiger partial charge in [-0.2, -0.15) is 0 Å². The lowest BCUT2D eigenvalue weighted by Crippen LogP contribution is -2.30. The first kappa shape index (κ1) is 56.6. The van der Waals surface area contributed by atoms with Gasteiger partial charge in [0.05, 0.1) is 0 Å². The van der Waals surface area contributed by atoms with Gasteiger partial charge in [0.1, 0.15) is 13.2 Å². The van der Waals surface area contributed by atoms with E-state index in [1.807, 2.05) is 0 Å². The first-order valence-electron chi connectivity index (χ1n) is 25.5. The molecule has 6 heteroatoms. The van der Waals surface area contributed by atoms with Crippen molar-refractivity contribution in [3.63, 3.8) is 0 Å². The molecule has 0 saturated carbocycles. The summed E-state index contributed by atoms with van der Waals surface area (Å²) in [4.78, 5) is 37.9. The predicted molar refractivity (Wildman–Crippen MR) is 252 cm³/mol. The Hall–Kier alpha value is -2.37. The molecule has 0 rings (SSSR count). The summed E-state index contributed by atoms with van der Waals surface area (Å²) < 4.78 is 16.8. The van der Waals surface area contributed by atoms with Crippen LogP contribution in [-0.4, -0.2) is 37.2 Å². The van der Waals surface area contributed by atoms with Crippen molar-refractivity contribution in [2.75, 3.05) is 13.2 Å². The van der Waals surface area contributed by atoms with Crippen LogP contribution in [0, 0.1) is 0 Å². The summed E-state index contributed by atoms with van der Waals surface area (Å²) in [7, 11) is 0. The lowest BCUT2D eigenvalue weighted by atomic mass is 10.1. The van der Waals surface area contributed by atoms with Crippen molar-refractivity contribution in [2.45, 2.75) is 271 Å². The normalized spacial score (nSPS) is 12.3. The largest absolute Gasteiger partial charge is 0.462 e. The fourth-order valence-electron chi connectivity index (χ4n) is 7.22. The highest BCUT2D eigenvalue weighted by Crippen LogP contribution is 2.15. The summed E-state index contributed by atoms with van der Waals surface area (Å²) in [6.07, 6.45) is 55.5. The van der Waals surface area contributed by atoms with Gasteiger partial charge in [0.15, 0.2) is 6.10 Å². The lowest BCUT2D eigenvalue weighted by Gasteiger charge is -2.18. The van der Waals surface area contributed by atoms with Gasteiger partial charge in [-0.25, -0.2) is 0 Å². The number of rotatable bonds is 46. The molecule has 0 N–H and O–H groups in total. The maximum Gasteiger partial charge on any atom is 0.306 e. The maximum absolute atomic E-state index is 12.8. The minimum absolute atomic E-state index is 0.0768. The minimum Gasteiger partial charge on any atom is -0.462 e. The molecular weight excluding hydrogens is 733 g/mol. The van der Waals surface area contributed by atoms with E-state index in [1.165, 1.54) is 141 Å². The second-order valence-electron chi connectivity index (χ2n) is 17.1. The number of carbonyl (C=O) groups excluding carboxylic acids is 3. The van der Waals surface area contributed by atoms with Crippen LogP contribution >= 0.6 is 0 Å². The topological polar surface area (TPSA) is 78.9 Å². The second kappa shape index (κ2) is 48.3. The summed E-state index contributed by atoms with van der Waals surface area (Å²) in [5, 5.41) is 0. The van der Waals surface area contributed by atoms with Gasteiger partial charge in [0.25, 0.3) is 0 Å². The van der Waals surface area contributed by atoms with Crippen molar-refractivity contribution < 1.29 is 28.6 Å². The molecule has 0 aliphatic carbocycles. The number of hydrogen-bond donors (Lipinski definition) is 0. The van der Waals surface area contributed by atoms with E-state index in [2.05, 4.69) is 57.2 Å². The van der Waals surface area contributed by atoms with E-state index in [-0.39, 0.29) is 31.1 Å². The molecule has 0 aromatic carbocycles.